The maximum absolute atomic E-state index is 12.3. The average Bonchev–Trinajstić information content (AvgIpc) is 3.11. The van der Waals surface area contributed by atoms with Crippen molar-refractivity contribution in [1.82, 2.24) is 0 Å². The van der Waals surface area contributed by atoms with Crippen molar-refractivity contribution in [1.29, 1.82) is 0 Å². The van der Waals surface area contributed by atoms with Crippen LogP contribution in [0.3, 0.4) is 0 Å². The molecule has 0 fully saturated rings. The molecule has 0 rings (SSSR count). The fourth-order valence-corrected chi connectivity index (χ4v) is 4.82. The Labute approximate surface area is 315 Å². The van der Waals surface area contributed by atoms with Gasteiger partial charge in [0.15, 0.2) is 6.10 Å². The molecule has 0 saturated carbocycles. The van der Waals surface area contributed by atoms with Gasteiger partial charge in [0.25, 0.3) is 0 Å². The second-order valence-electron chi connectivity index (χ2n) is 12.2. The van der Waals surface area contributed by atoms with Crippen molar-refractivity contribution in [2.45, 2.75) is 136 Å². The Hall–Kier alpha value is -3.29. The van der Waals surface area contributed by atoms with Crippen LogP contribution in [0.5, 0.6) is 0 Å². The predicted octanol–water partition coefficient (Wildman–Crippen LogP) is 11.6. The third-order valence-electron chi connectivity index (χ3n) is 7.29. The second kappa shape index (κ2) is 37.5. The molecule has 0 saturated heterocycles. The molecule has 0 bridgehead atoms. The molecule has 0 amide bonds. The van der Waals surface area contributed by atoms with Gasteiger partial charge in [0.1, 0.15) is 6.61 Å². The standard InChI is InChI=1S/C43H67O8P/c1-3-5-7-9-11-13-15-17-19-20-21-22-24-25-27-29-31-33-35-37-42(44)49-39-41(40-50-52(46,47)48)51-43(45)38-36-34-32-30-28-26-23-18-16-14-12-10-8-6-4-2/h6,8,11-14,17-19,21-23,25,27-28,30-31,33,41H,3-5,7,9-10,15-16,20,24,26,29,32,34-40H2,1-2H3,(H2,46,47,48)/b8-6-,13-11-,14-12-,19-17-,22-21-,23-18-,27-25-,30-28-,33-31-/t41-/m1/s1. The van der Waals surface area contributed by atoms with E-state index in [1.165, 1.54) is 25.7 Å². The lowest BCUT2D eigenvalue weighted by molar-refractivity contribution is -0.161. The Balaban J connectivity index is 4.19. The fourth-order valence-electron chi connectivity index (χ4n) is 4.46. The number of rotatable bonds is 33. The van der Waals surface area contributed by atoms with E-state index in [9.17, 15) is 14.2 Å². The van der Waals surface area contributed by atoms with E-state index in [0.717, 1.165) is 64.2 Å². The van der Waals surface area contributed by atoms with Crippen LogP contribution in [0.1, 0.15) is 129 Å². The third kappa shape index (κ3) is 39.5. The first-order chi connectivity index (χ1) is 25.3. The van der Waals surface area contributed by atoms with E-state index < -0.39 is 32.5 Å². The third-order valence-corrected chi connectivity index (χ3v) is 7.77. The topological polar surface area (TPSA) is 119 Å². The van der Waals surface area contributed by atoms with Crippen LogP contribution in [0, 0.1) is 0 Å². The quantitative estimate of drug-likeness (QED) is 0.0295. The maximum atomic E-state index is 12.3. The zero-order valence-electron chi connectivity index (χ0n) is 31.9. The number of ether oxygens (including phenoxy) is 2. The first-order valence-corrected chi connectivity index (χ1v) is 20.7. The molecule has 0 unspecified atom stereocenters. The fraction of sp³-hybridized carbons (Fsp3) is 0.535. The Bertz CT molecular complexity index is 1200. The van der Waals surface area contributed by atoms with Gasteiger partial charge in [0, 0.05) is 12.8 Å². The van der Waals surface area contributed by atoms with Gasteiger partial charge in [0.2, 0.25) is 0 Å². The van der Waals surface area contributed by atoms with E-state index in [-0.39, 0.29) is 19.4 Å². The first kappa shape index (κ1) is 48.7. The highest BCUT2D eigenvalue weighted by Gasteiger charge is 2.22. The molecule has 8 nitrogen and oxygen atoms in total. The minimum Gasteiger partial charge on any atom is -0.462 e. The minimum atomic E-state index is -4.79. The summed E-state index contributed by atoms with van der Waals surface area (Å²) in [5, 5.41) is 0. The van der Waals surface area contributed by atoms with Crippen LogP contribution >= 0.6 is 7.82 Å². The number of esters is 2. The number of hydrogen-bond donors (Lipinski definition) is 2. The molecular weight excluding hydrogens is 675 g/mol. The van der Waals surface area contributed by atoms with Gasteiger partial charge in [-0.1, -0.05) is 136 Å². The van der Waals surface area contributed by atoms with Crippen LogP contribution in [-0.2, 0) is 28.2 Å². The summed E-state index contributed by atoms with van der Waals surface area (Å²) in [5.41, 5.74) is 0. The van der Waals surface area contributed by atoms with Gasteiger partial charge in [-0.3, -0.25) is 14.1 Å². The molecular formula is C43H67O8P. The van der Waals surface area contributed by atoms with Gasteiger partial charge in [-0.25, -0.2) is 4.57 Å². The summed E-state index contributed by atoms with van der Waals surface area (Å²) in [7, 11) is -4.79. The largest absolute Gasteiger partial charge is 0.469 e. The summed E-state index contributed by atoms with van der Waals surface area (Å²) >= 11 is 0. The van der Waals surface area contributed by atoms with E-state index >= 15 is 0 Å². The first-order valence-electron chi connectivity index (χ1n) is 19.2. The molecule has 0 aromatic rings. The Kier molecular flexibility index (Phi) is 35.1. The Morgan fingerprint density at radius 1 is 0.519 bits per heavy atom. The summed E-state index contributed by atoms with van der Waals surface area (Å²) in [6, 6.07) is 0. The van der Waals surface area contributed by atoms with Crippen molar-refractivity contribution in [3.05, 3.63) is 109 Å². The lowest BCUT2D eigenvalue weighted by atomic mass is 10.2. The molecule has 52 heavy (non-hydrogen) atoms. The predicted molar refractivity (Wildman–Crippen MR) is 216 cm³/mol. The summed E-state index contributed by atoms with van der Waals surface area (Å²) < 4.78 is 26.2. The number of allylic oxidation sites excluding steroid dienone is 18. The number of phosphoric ester groups is 1. The SMILES string of the molecule is CC/C=C\C/C=C\C/C=C\C/C=C\CCCCC(=O)O[C@H](COC(=O)CC/C=C\C/C=C\C/C=C\C/C=C\C/C=C\CCCCC)COP(=O)(O)O. The number of carbonyl (C=O) groups excluding carboxylic acids is 2. The highest BCUT2D eigenvalue weighted by Crippen LogP contribution is 2.35. The molecule has 2 N–H and O–H groups in total. The lowest BCUT2D eigenvalue weighted by Gasteiger charge is -2.18. The van der Waals surface area contributed by atoms with Gasteiger partial charge in [-0.2, -0.15) is 0 Å². The van der Waals surface area contributed by atoms with Crippen LogP contribution in [0.2, 0.25) is 0 Å². The molecule has 0 aliphatic heterocycles. The summed E-state index contributed by atoms with van der Waals surface area (Å²) in [5.74, 6) is -1.04. The Morgan fingerprint density at radius 2 is 0.942 bits per heavy atom. The van der Waals surface area contributed by atoms with Gasteiger partial charge in [-0.05, 0) is 89.9 Å². The van der Waals surface area contributed by atoms with Crippen molar-refractivity contribution in [3.63, 3.8) is 0 Å². The molecule has 0 aromatic heterocycles. The monoisotopic (exact) mass is 742 g/mol. The van der Waals surface area contributed by atoms with E-state index in [1.807, 2.05) is 12.2 Å². The van der Waals surface area contributed by atoms with Crippen LogP contribution in [0.15, 0.2) is 109 Å². The van der Waals surface area contributed by atoms with E-state index in [2.05, 4.69) is 116 Å². The molecule has 0 spiro atoms. The summed E-state index contributed by atoms with van der Waals surface area (Å²) in [6.45, 7) is 3.41. The van der Waals surface area contributed by atoms with E-state index in [1.54, 1.807) is 0 Å². The van der Waals surface area contributed by atoms with Crippen LogP contribution in [0.25, 0.3) is 0 Å². The molecule has 0 radical (unpaired) electrons. The summed E-state index contributed by atoms with van der Waals surface area (Å²) in [6.07, 6.45) is 52.5. The number of carbonyl (C=O) groups is 2. The molecule has 0 aliphatic rings. The van der Waals surface area contributed by atoms with Crippen molar-refractivity contribution in [2.75, 3.05) is 13.2 Å². The second-order valence-corrected chi connectivity index (χ2v) is 13.4. The van der Waals surface area contributed by atoms with Crippen molar-refractivity contribution in [3.8, 4) is 0 Å². The van der Waals surface area contributed by atoms with Crippen molar-refractivity contribution >= 4 is 19.8 Å². The highest BCUT2D eigenvalue weighted by atomic mass is 31.2. The zero-order chi connectivity index (χ0) is 38.2. The molecule has 1 atom stereocenters. The van der Waals surface area contributed by atoms with Gasteiger partial charge >= 0.3 is 19.8 Å². The van der Waals surface area contributed by atoms with E-state index in [0.29, 0.717) is 12.8 Å². The van der Waals surface area contributed by atoms with Crippen LogP contribution < -0.4 is 0 Å². The minimum absolute atomic E-state index is 0.127. The van der Waals surface area contributed by atoms with Crippen molar-refractivity contribution in [2.24, 2.45) is 0 Å². The smallest absolute Gasteiger partial charge is 0.462 e. The Morgan fingerprint density at radius 3 is 1.38 bits per heavy atom. The molecule has 0 heterocycles. The lowest BCUT2D eigenvalue weighted by Crippen LogP contribution is -2.29. The summed E-state index contributed by atoms with van der Waals surface area (Å²) in [4.78, 5) is 42.7. The molecule has 0 aliphatic carbocycles. The molecule has 292 valence electrons. The average molecular weight is 743 g/mol. The number of hydrogen-bond acceptors (Lipinski definition) is 6. The zero-order valence-corrected chi connectivity index (χ0v) is 32.8. The molecule has 0 aromatic carbocycles. The molecule has 9 heteroatoms. The number of phosphoric acid groups is 1. The van der Waals surface area contributed by atoms with Gasteiger partial charge < -0.3 is 19.3 Å². The van der Waals surface area contributed by atoms with Gasteiger partial charge in [0.05, 0.1) is 6.61 Å². The number of unbranched alkanes of at least 4 members (excludes halogenated alkanes) is 5. The van der Waals surface area contributed by atoms with E-state index in [4.69, 9.17) is 19.3 Å². The van der Waals surface area contributed by atoms with Crippen LogP contribution in [0.4, 0.5) is 0 Å². The maximum Gasteiger partial charge on any atom is 0.469 e. The van der Waals surface area contributed by atoms with Crippen LogP contribution in [-0.4, -0.2) is 41.0 Å². The van der Waals surface area contributed by atoms with Crippen molar-refractivity contribution < 1.29 is 37.9 Å². The highest BCUT2D eigenvalue weighted by molar-refractivity contribution is 7.46. The normalized spacial score (nSPS) is 13.7. The van der Waals surface area contributed by atoms with Gasteiger partial charge in [-0.15, -0.1) is 0 Å².